The number of hydrogen-bond acceptors (Lipinski definition) is 6. The van der Waals surface area contributed by atoms with Gasteiger partial charge in [-0.2, -0.15) is 13.2 Å². The molecule has 3 N–H and O–H groups in total. The van der Waals surface area contributed by atoms with Crippen LogP contribution in [0.2, 0.25) is 0 Å². The molecule has 13 heteroatoms. The van der Waals surface area contributed by atoms with Gasteiger partial charge in [-0.15, -0.1) is 0 Å². The molecule has 1 unspecified atom stereocenters. The number of ether oxygens (including phenoxy) is 1. The van der Waals surface area contributed by atoms with Crippen molar-refractivity contribution in [2.24, 2.45) is 5.73 Å². The Morgan fingerprint density at radius 2 is 1.67 bits per heavy atom. The van der Waals surface area contributed by atoms with Crippen molar-refractivity contribution in [1.82, 2.24) is 19.0 Å². The molecule has 0 bridgehead atoms. The molecule has 236 valence electrons. The minimum atomic E-state index is -4.87. The van der Waals surface area contributed by atoms with Crippen molar-refractivity contribution in [2.45, 2.75) is 56.9 Å². The quantitative estimate of drug-likeness (QED) is 0.303. The number of piperidine rings is 1. The summed E-state index contributed by atoms with van der Waals surface area (Å²) < 4.78 is 65.0. The van der Waals surface area contributed by atoms with Gasteiger partial charge in [-0.1, -0.05) is 42.5 Å². The molecule has 2 aromatic carbocycles. The third-order valence-corrected chi connectivity index (χ3v) is 8.74. The van der Waals surface area contributed by atoms with Gasteiger partial charge in [-0.3, -0.25) is 23.6 Å². The highest BCUT2D eigenvalue weighted by Crippen LogP contribution is 2.43. The summed E-state index contributed by atoms with van der Waals surface area (Å²) in [6.45, 7) is 0.372. The zero-order valence-corrected chi connectivity index (χ0v) is 24.1. The van der Waals surface area contributed by atoms with E-state index < -0.39 is 52.6 Å². The summed E-state index contributed by atoms with van der Waals surface area (Å²) in [5.74, 6) is -1.12. The van der Waals surface area contributed by atoms with E-state index in [1.165, 1.54) is 6.07 Å². The van der Waals surface area contributed by atoms with Crippen LogP contribution in [-0.4, -0.2) is 32.1 Å². The van der Waals surface area contributed by atoms with E-state index in [9.17, 15) is 31.9 Å². The highest BCUT2D eigenvalue weighted by atomic mass is 19.4. The Labute approximate surface area is 254 Å². The molecule has 9 nitrogen and oxygen atoms in total. The Morgan fingerprint density at radius 3 is 2.33 bits per heavy atom. The minimum Gasteiger partial charge on any atom is -0.364 e. The number of H-pyrrole nitrogens is 1. The van der Waals surface area contributed by atoms with Crippen molar-refractivity contribution >= 4 is 0 Å². The zero-order chi connectivity index (χ0) is 31.9. The molecule has 2 aromatic heterocycles. The summed E-state index contributed by atoms with van der Waals surface area (Å²) in [4.78, 5) is 44.3. The second-order valence-electron chi connectivity index (χ2n) is 11.5. The number of aromatic amines is 1. The van der Waals surface area contributed by atoms with Crippen LogP contribution in [0.5, 0.6) is 0 Å². The number of alkyl halides is 3. The van der Waals surface area contributed by atoms with Crippen molar-refractivity contribution < 1.29 is 22.3 Å². The van der Waals surface area contributed by atoms with Gasteiger partial charge in [-0.25, -0.2) is 9.18 Å². The standard InChI is InChI=1S/C32H31F4N5O4/c33-24-8-4-7-23(32(34,35)36)22(24)17-40-26-19-45-31(11-13-39(14-12-31)16-20-9-10-27(42)38-15-20)28(26)29(43)41(30(40)44)18-25(37)21-5-2-1-3-6-21/h1-10,15,25H,11-14,16-19,37H2,(H,38,42). The first-order valence-electron chi connectivity index (χ1n) is 14.5. The molecule has 6 rings (SSSR count). The molecule has 4 aromatic rings. The van der Waals surface area contributed by atoms with Gasteiger partial charge in [-0.05, 0) is 36.1 Å². The Morgan fingerprint density at radius 1 is 0.933 bits per heavy atom. The predicted octanol–water partition coefficient (Wildman–Crippen LogP) is 3.63. The molecule has 1 atom stereocenters. The lowest BCUT2D eigenvalue weighted by Crippen LogP contribution is -2.49. The Bertz CT molecular complexity index is 1870. The van der Waals surface area contributed by atoms with E-state index in [1.807, 2.05) is 0 Å². The molecule has 2 aliphatic heterocycles. The van der Waals surface area contributed by atoms with E-state index in [4.69, 9.17) is 10.5 Å². The summed E-state index contributed by atoms with van der Waals surface area (Å²) in [6, 6.07) is 13.9. The van der Waals surface area contributed by atoms with Gasteiger partial charge >= 0.3 is 11.9 Å². The van der Waals surface area contributed by atoms with Crippen LogP contribution in [-0.2, 0) is 42.8 Å². The van der Waals surface area contributed by atoms with Gasteiger partial charge in [0, 0.05) is 43.5 Å². The molecule has 1 fully saturated rings. The number of aromatic nitrogens is 3. The van der Waals surface area contributed by atoms with E-state index in [1.54, 1.807) is 42.6 Å². The number of rotatable bonds is 7. The molecule has 0 radical (unpaired) electrons. The van der Waals surface area contributed by atoms with Crippen molar-refractivity contribution in [3.8, 4) is 0 Å². The van der Waals surface area contributed by atoms with Crippen LogP contribution in [0.25, 0.3) is 0 Å². The maximum atomic E-state index is 15.0. The lowest BCUT2D eigenvalue weighted by atomic mass is 9.85. The zero-order valence-electron chi connectivity index (χ0n) is 24.1. The minimum absolute atomic E-state index is 0.139. The summed E-state index contributed by atoms with van der Waals surface area (Å²) >= 11 is 0. The first-order valence-corrected chi connectivity index (χ1v) is 14.5. The molecule has 45 heavy (non-hydrogen) atoms. The van der Waals surface area contributed by atoms with E-state index in [2.05, 4.69) is 9.88 Å². The van der Waals surface area contributed by atoms with Crippen molar-refractivity contribution in [3.63, 3.8) is 0 Å². The average molecular weight is 626 g/mol. The van der Waals surface area contributed by atoms with Crippen LogP contribution in [0.3, 0.4) is 0 Å². The number of fused-ring (bicyclic) bond motifs is 2. The molecular weight excluding hydrogens is 594 g/mol. The average Bonchev–Trinajstić information content (AvgIpc) is 3.38. The fourth-order valence-electron chi connectivity index (χ4n) is 6.36. The number of hydrogen-bond donors (Lipinski definition) is 2. The Kier molecular flexibility index (Phi) is 8.10. The molecule has 0 aliphatic carbocycles. The number of nitrogens with two attached hydrogens (primary N) is 1. The van der Waals surface area contributed by atoms with E-state index >= 15 is 0 Å². The van der Waals surface area contributed by atoms with E-state index in [0.717, 1.165) is 32.9 Å². The van der Waals surface area contributed by atoms with Crippen molar-refractivity contribution in [3.05, 3.63) is 137 Å². The topological polar surface area (TPSA) is 115 Å². The lowest BCUT2D eigenvalue weighted by molar-refractivity contribution is -0.138. The lowest BCUT2D eigenvalue weighted by Gasteiger charge is -2.38. The van der Waals surface area contributed by atoms with Gasteiger partial charge in [0.2, 0.25) is 5.56 Å². The normalized spacial score (nSPS) is 17.0. The van der Waals surface area contributed by atoms with Crippen LogP contribution < -0.4 is 22.5 Å². The Hall–Kier alpha value is -4.33. The summed E-state index contributed by atoms with van der Waals surface area (Å²) in [5.41, 5.74) is 3.58. The fourth-order valence-corrected chi connectivity index (χ4v) is 6.36. The molecule has 1 spiro atoms. The SMILES string of the molecule is NC(Cn1c(=O)c2c(n(Cc3c(F)cccc3C(F)(F)F)c1=O)COC21CCN(Cc2ccc(=O)[nH]c2)CC1)c1ccccc1. The summed E-state index contributed by atoms with van der Waals surface area (Å²) in [5, 5.41) is 0. The van der Waals surface area contributed by atoms with Gasteiger partial charge < -0.3 is 15.5 Å². The third kappa shape index (κ3) is 5.90. The van der Waals surface area contributed by atoms with Gasteiger partial charge in [0.05, 0.1) is 36.5 Å². The number of benzene rings is 2. The van der Waals surface area contributed by atoms with Crippen LogP contribution in [0, 0.1) is 5.82 Å². The Balaban J connectivity index is 1.42. The fraction of sp³-hybridized carbons (Fsp3) is 0.344. The molecule has 2 aliphatic rings. The number of nitrogens with one attached hydrogen (secondary N) is 1. The maximum absolute atomic E-state index is 15.0. The highest BCUT2D eigenvalue weighted by Gasteiger charge is 2.47. The number of likely N-dealkylation sites (tertiary alicyclic amines) is 1. The van der Waals surface area contributed by atoms with Gasteiger partial charge in [0.1, 0.15) is 11.4 Å². The largest absolute Gasteiger partial charge is 0.416 e. The monoisotopic (exact) mass is 625 g/mol. The molecule has 0 saturated carbocycles. The number of nitrogens with zero attached hydrogens (tertiary/aromatic N) is 3. The predicted molar refractivity (Wildman–Crippen MR) is 157 cm³/mol. The highest BCUT2D eigenvalue weighted by molar-refractivity contribution is 5.35. The van der Waals surface area contributed by atoms with E-state index in [-0.39, 0.29) is 30.0 Å². The molecule has 4 heterocycles. The van der Waals surface area contributed by atoms with Crippen LogP contribution in [0.1, 0.15) is 52.4 Å². The van der Waals surface area contributed by atoms with Crippen molar-refractivity contribution in [1.29, 1.82) is 0 Å². The number of pyridine rings is 1. The van der Waals surface area contributed by atoms with Crippen LogP contribution in [0.15, 0.2) is 81.2 Å². The summed E-state index contributed by atoms with van der Waals surface area (Å²) in [6.07, 6.45) is -2.49. The van der Waals surface area contributed by atoms with Crippen LogP contribution in [0.4, 0.5) is 17.6 Å². The third-order valence-electron chi connectivity index (χ3n) is 8.74. The first-order chi connectivity index (χ1) is 21.5. The van der Waals surface area contributed by atoms with Crippen molar-refractivity contribution in [2.75, 3.05) is 13.1 Å². The molecule has 0 amide bonds. The molecule has 1 saturated heterocycles. The van der Waals surface area contributed by atoms with Crippen LogP contribution >= 0.6 is 0 Å². The maximum Gasteiger partial charge on any atom is 0.416 e. The second-order valence-corrected chi connectivity index (χ2v) is 11.5. The smallest absolute Gasteiger partial charge is 0.364 e. The van der Waals surface area contributed by atoms with Gasteiger partial charge in [0.25, 0.3) is 5.56 Å². The van der Waals surface area contributed by atoms with E-state index in [0.29, 0.717) is 38.0 Å². The number of halogens is 4. The summed E-state index contributed by atoms with van der Waals surface area (Å²) in [7, 11) is 0. The second kappa shape index (κ2) is 11.9. The van der Waals surface area contributed by atoms with Gasteiger partial charge in [0.15, 0.2) is 0 Å². The first kappa shape index (κ1) is 30.7. The molecular formula is C32H31F4N5O4.